The Balaban J connectivity index is 1.49. The summed E-state index contributed by atoms with van der Waals surface area (Å²) in [5, 5.41) is 7.41. The van der Waals surface area contributed by atoms with Gasteiger partial charge in [-0.25, -0.2) is 14.8 Å². The van der Waals surface area contributed by atoms with Crippen molar-refractivity contribution in [1.82, 2.24) is 15.0 Å². The van der Waals surface area contributed by atoms with Gasteiger partial charge in [0.15, 0.2) is 0 Å². The van der Waals surface area contributed by atoms with E-state index in [1.54, 1.807) is 12.4 Å². The predicted octanol–water partition coefficient (Wildman–Crippen LogP) is 4.47. The lowest BCUT2D eigenvalue weighted by molar-refractivity contribution is 0.262. The molecule has 3 N–H and O–H groups in total. The number of halogens is 1. The first-order valence-corrected chi connectivity index (χ1v) is 8.22. The van der Waals surface area contributed by atoms with E-state index in [1.807, 2.05) is 30.3 Å². The molecular formula is C17H12FN5OS. The summed E-state index contributed by atoms with van der Waals surface area (Å²) >= 11 is 1.37. The van der Waals surface area contributed by atoms with E-state index >= 15 is 0 Å². The van der Waals surface area contributed by atoms with Crippen molar-refractivity contribution in [2.45, 2.75) is 0 Å². The summed E-state index contributed by atoms with van der Waals surface area (Å²) in [4.78, 5) is 23.0. The molecule has 2 amide bonds. The number of pyridine rings is 1. The number of amides is 2. The Bertz CT molecular complexity index is 1040. The monoisotopic (exact) mass is 353 g/mol. The maximum atomic E-state index is 13.3. The second-order valence-electron chi connectivity index (χ2n) is 5.23. The Morgan fingerprint density at radius 3 is 2.80 bits per heavy atom. The number of benzene rings is 1. The van der Waals surface area contributed by atoms with Crippen LogP contribution in [0.15, 0.2) is 55.0 Å². The first-order chi connectivity index (χ1) is 12.2. The number of urea groups is 1. The molecule has 0 aliphatic rings. The van der Waals surface area contributed by atoms with Crippen molar-refractivity contribution < 1.29 is 9.18 Å². The topological polar surface area (TPSA) is 82.7 Å². The van der Waals surface area contributed by atoms with E-state index in [-0.39, 0.29) is 0 Å². The number of hydrogen-bond donors (Lipinski definition) is 3. The maximum Gasteiger partial charge on any atom is 0.324 e. The molecule has 4 aromatic rings. The molecule has 4 rings (SSSR count). The van der Waals surface area contributed by atoms with Crippen LogP contribution < -0.4 is 10.6 Å². The van der Waals surface area contributed by atoms with Gasteiger partial charge in [-0.2, -0.15) is 4.39 Å². The van der Waals surface area contributed by atoms with E-state index in [0.717, 1.165) is 10.6 Å². The Morgan fingerprint density at radius 2 is 1.96 bits per heavy atom. The van der Waals surface area contributed by atoms with Crippen molar-refractivity contribution in [3.05, 3.63) is 60.9 Å². The molecule has 3 aromatic heterocycles. The second kappa shape index (κ2) is 6.33. The highest BCUT2D eigenvalue weighted by Crippen LogP contribution is 2.28. The van der Waals surface area contributed by atoms with Crippen molar-refractivity contribution in [2.24, 2.45) is 0 Å². The van der Waals surface area contributed by atoms with Crippen LogP contribution in [-0.4, -0.2) is 21.0 Å². The standard InChI is InChI=1S/C17H12FN5OS/c18-14-6-11-12(7-20-14)19-8-13(11)22-17(24)23-15-9-21-16(25-15)10-4-2-1-3-5-10/h1-9,19H,(H2,22,23,24). The minimum absolute atomic E-state index is 0.429. The number of fused-ring (bicyclic) bond motifs is 1. The molecule has 0 unspecified atom stereocenters. The number of thiazole rings is 1. The van der Waals surface area contributed by atoms with Gasteiger partial charge in [-0.1, -0.05) is 41.7 Å². The van der Waals surface area contributed by atoms with Crippen LogP contribution in [0.2, 0.25) is 0 Å². The average molecular weight is 353 g/mol. The molecule has 6 nitrogen and oxygen atoms in total. The molecule has 25 heavy (non-hydrogen) atoms. The quantitative estimate of drug-likeness (QED) is 0.475. The second-order valence-corrected chi connectivity index (χ2v) is 6.26. The summed E-state index contributed by atoms with van der Waals surface area (Å²) in [6.07, 6.45) is 4.57. The van der Waals surface area contributed by atoms with Gasteiger partial charge in [0.1, 0.15) is 10.0 Å². The van der Waals surface area contributed by atoms with E-state index in [4.69, 9.17) is 0 Å². The van der Waals surface area contributed by atoms with Crippen LogP contribution in [0.1, 0.15) is 0 Å². The maximum absolute atomic E-state index is 13.3. The van der Waals surface area contributed by atoms with E-state index < -0.39 is 12.0 Å². The van der Waals surface area contributed by atoms with E-state index in [2.05, 4.69) is 25.6 Å². The van der Waals surface area contributed by atoms with Crippen LogP contribution in [0, 0.1) is 5.95 Å². The van der Waals surface area contributed by atoms with E-state index in [0.29, 0.717) is 21.6 Å². The Hall–Kier alpha value is -3.26. The normalized spacial score (nSPS) is 10.8. The Kier molecular flexibility index (Phi) is 3.87. The van der Waals surface area contributed by atoms with Crippen LogP contribution in [0.5, 0.6) is 0 Å². The summed E-state index contributed by atoms with van der Waals surface area (Å²) < 4.78 is 13.3. The van der Waals surface area contributed by atoms with Crippen LogP contribution in [0.4, 0.5) is 19.9 Å². The number of nitrogens with zero attached hydrogens (tertiary/aromatic N) is 2. The molecule has 0 spiro atoms. The summed E-state index contributed by atoms with van der Waals surface area (Å²) in [6.45, 7) is 0. The fraction of sp³-hybridized carbons (Fsp3) is 0. The number of aromatic nitrogens is 3. The van der Waals surface area contributed by atoms with E-state index in [1.165, 1.54) is 23.6 Å². The lowest BCUT2D eigenvalue weighted by atomic mass is 10.2. The SMILES string of the molecule is O=C(Nc1cnc(-c2ccccc2)s1)Nc1c[nH]c2cnc(F)cc12. The third kappa shape index (κ3) is 3.20. The van der Waals surface area contributed by atoms with Crippen LogP contribution in [-0.2, 0) is 0 Å². The van der Waals surface area contributed by atoms with Gasteiger partial charge < -0.3 is 10.3 Å². The summed E-state index contributed by atoms with van der Waals surface area (Å²) in [6, 6.07) is 10.5. The van der Waals surface area contributed by atoms with Gasteiger partial charge in [0.25, 0.3) is 0 Å². The number of carbonyl (C=O) groups is 1. The summed E-state index contributed by atoms with van der Waals surface area (Å²) in [5.74, 6) is -0.606. The molecule has 0 saturated heterocycles. The molecule has 0 saturated carbocycles. The van der Waals surface area contributed by atoms with E-state index in [9.17, 15) is 9.18 Å². The third-order valence-corrected chi connectivity index (χ3v) is 4.51. The number of hydrogen-bond acceptors (Lipinski definition) is 4. The lowest BCUT2D eigenvalue weighted by Crippen LogP contribution is -2.18. The molecule has 124 valence electrons. The molecule has 8 heteroatoms. The highest BCUT2D eigenvalue weighted by molar-refractivity contribution is 7.19. The zero-order valence-corrected chi connectivity index (χ0v) is 13.6. The Morgan fingerprint density at radius 1 is 1.12 bits per heavy atom. The number of aromatic amines is 1. The van der Waals surface area contributed by atoms with Crippen molar-refractivity contribution in [1.29, 1.82) is 0 Å². The molecule has 3 heterocycles. The molecule has 0 bridgehead atoms. The Labute approximate surface area is 145 Å². The average Bonchev–Trinajstić information content (AvgIpc) is 3.23. The minimum atomic E-state index is -0.606. The summed E-state index contributed by atoms with van der Waals surface area (Å²) in [5.41, 5.74) is 2.10. The fourth-order valence-corrected chi connectivity index (χ4v) is 3.23. The highest BCUT2D eigenvalue weighted by Gasteiger charge is 2.11. The third-order valence-electron chi connectivity index (χ3n) is 3.54. The lowest BCUT2D eigenvalue weighted by Gasteiger charge is -2.04. The highest BCUT2D eigenvalue weighted by atomic mass is 32.1. The van der Waals surface area contributed by atoms with Gasteiger partial charge in [0.05, 0.1) is 23.6 Å². The van der Waals surface area contributed by atoms with Crippen molar-refractivity contribution in [3.63, 3.8) is 0 Å². The van der Waals surface area contributed by atoms with Gasteiger partial charge in [-0.05, 0) is 0 Å². The van der Waals surface area contributed by atoms with Crippen LogP contribution in [0.25, 0.3) is 21.5 Å². The van der Waals surface area contributed by atoms with Gasteiger partial charge in [0.2, 0.25) is 5.95 Å². The van der Waals surface area contributed by atoms with Crippen molar-refractivity contribution in [2.75, 3.05) is 10.6 Å². The fourth-order valence-electron chi connectivity index (χ4n) is 2.41. The number of nitrogens with one attached hydrogen (secondary N) is 3. The number of carbonyl (C=O) groups excluding carboxylic acids is 1. The van der Waals surface area contributed by atoms with Crippen molar-refractivity contribution >= 4 is 39.0 Å². The molecule has 0 aliphatic carbocycles. The first kappa shape index (κ1) is 15.3. The molecule has 0 radical (unpaired) electrons. The van der Waals surface area contributed by atoms with Gasteiger partial charge in [-0.15, -0.1) is 0 Å². The van der Waals surface area contributed by atoms with Gasteiger partial charge in [-0.3, -0.25) is 5.32 Å². The minimum Gasteiger partial charge on any atom is -0.358 e. The number of anilines is 2. The largest absolute Gasteiger partial charge is 0.358 e. The van der Waals surface area contributed by atoms with Gasteiger partial charge in [0, 0.05) is 23.2 Å². The van der Waals surface area contributed by atoms with Gasteiger partial charge >= 0.3 is 6.03 Å². The molecule has 0 fully saturated rings. The molecule has 1 aromatic carbocycles. The predicted molar refractivity (Wildman–Crippen MR) is 96.2 cm³/mol. The first-order valence-electron chi connectivity index (χ1n) is 7.41. The number of rotatable bonds is 3. The summed E-state index contributed by atoms with van der Waals surface area (Å²) in [7, 11) is 0. The zero-order valence-electron chi connectivity index (χ0n) is 12.8. The molecule has 0 atom stereocenters. The molecule has 0 aliphatic heterocycles. The smallest absolute Gasteiger partial charge is 0.324 e. The molecular weight excluding hydrogens is 341 g/mol. The number of H-pyrrole nitrogens is 1. The van der Waals surface area contributed by atoms with Crippen molar-refractivity contribution in [3.8, 4) is 10.6 Å². The van der Waals surface area contributed by atoms with Crippen LogP contribution >= 0.6 is 11.3 Å². The zero-order chi connectivity index (χ0) is 17.2. The van der Waals surface area contributed by atoms with Crippen LogP contribution in [0.3, 0.4) is 0 Å².